The summed E-state index contributed by atoms with van der Waals surface area (Å²) in [6.45, 7) is 4.65. The maximum absolute atomic E-state index is 12.9. The lowest BCUT2D eigenvalue weighted by atomic mass is 9.92. The Balaban J connectivity index is 1.88. The van der Waals surface area contributed by atoms with Crippen molar-refractivity contribution >= 4 is 45.6 Å². The standard InChI is InChI=1S/C19H26BrN5O5/c1-3-19(10-12-21-11-9-15(26)30-4-2)16(27)25(18(29)23-19)24-17(28)22-14-7-5-13(20)6-8-14/h5-8,21H,3-4,9-12H2,1-2H3,(H,23,29)(H2,22,24,28). The van der Waals surface area contributed by atoms with Gasteiger partial charge in [0, 0.05) is 16.7 Å². The summed E-state index contributed by atoms with van der Waals surface area (Å²) < 4.78 is 5.70. The first-order valence-corrected chi connectivity index (χ1v) is 10.5. The molecular weight excluding hydrogens is 458 g/mol. The number of nitrogens with one attached hydrogen (secondary N) is 4. The van der Waals surface area contributed by atoms with Crippen molar-refractivity contribution in [3.05, 3.63) is 28.7 Å². The highest BCUT2D eigenvalue weighted by atomic mass is 79.9. The van der Waals surface area contributed by atoms with Crippen molar-refractivity contribution in [2.24, 2.45) is 0 Å². The average molecular weight is 484 g/mol. The van der Waals surface area contributed by atoms with Crippen LogP contribution in [0.4, 0.5) is 15.3 Å². The van der Waals surface area contributed by atoms with Crippen LogP contribution in [0.5, 0.6) is 0 Å². The lowest BCUT2D eigenvalue weighted by Gasteiger charge is -2.25. The summed E-state index contributed by atoms with van der Waals surface area (Å²) >= 11 is 3.30. The number of esters is 1. The molecule has 1 aromatic rings. The molecule has 1 heterocycles. The molecule has 4 N–H and O–H groups in total. The molecule has 0 saturated carbocycles. The number of rotatable bonds is 10. The highest BCUT2D eigenvalue weighted by molar-refractivity contribution is 9.10. The van der Waals surface area contributed by atoms with Gasteiger partial charge in [0.15, 0.2) is 0 Å². The van der Waals surface area contributed by atoms with Crippen molar-refractivity contribution in [3.63, 3.8) is 0 Å². The molecule has 1 unspecified atom stereocenters. The van der Waals surface area contributed by atoms with Gasteiger partial charge in [-0.15, -0.1) is 0 Å². The van der Waals surface area contributed by atoms with E-state index in [0.717, 1.165) is 4.47 Å². The fraction of sp³-hybridized carbons (Fsp3) is 0.474. The molecule has 10 nitrogen and oxygen atoms in total. The molecule has 164 valence electrons. The molecule has 30 heavy (non-hydrogen) atoms. The van der Waals surface area contributed by atoms with Gasteiger partial charge in [0.1, 0.15) is 5.54 Å². The normalized spacial score (nSPS) is 18.2. The lowest BCUT2D eigenvalue weighted by molar-refractivity contribution is -0.143. The third-order valence-electron chi connectivity index (χ3n) is 4.62. The summed E-state index contributed by atoms with van der Waals surface area (Å²) in [5, 5.41) is 8.99. The first-order chi connectivity index (χ1) is 14.3. The van der Waals surface area contributed by atoms with Crippen molar-refractivity contribution < 1.29 is 23.9 Å². The number of hydrogen-bond acceptors (Lipinski definition) is 6. The average Bonchev–Trinajstić information content (AvgIpc) is 2.94. The second-order valence-corrected chi connectivity index (χ2v) is 7.55. The van der Waals surface area contributed by atoms with Crippen LogP contribution in [-0.2, 0) is 14.3 Å². The number of urea groups is 2. The number of imide groups is 1. The Kier molecular flexibility index (Phi) is 8.60. The quantitative estimate of drug-likeness (QED) is 0.229. The molecule has 0 aromatic heterocycles. The van der Waals surface area contributed by atoms with Gasteiger partial charge >= 0.3 is 18.0 Å². The Morgan fingerprint density at radius 1 is 1.17 bits per heavy atom. The van der Waals surface area contributed by atoms with Gasteiger partial charge in [-0.2, -0.15) is 5.01 Å². The third-order valence-corrected chi connectivity index (χ3v) is 5.15. The largest absolute Gasteiger partial charge is 0.466 e. The molecule has 0 spiro atoms. The van der Waals surface area contributed by atoms with E-state index in [0.29, 0.717) is 43.2 Å². The Hall–Kier alpha value is -2.66. The van der Waals surface area contributed by atoms with Crippen LogP contribution in [0.15, 0.2) is 28.7 Å². The molecule has 11 heteroatoms. The summed E-state index contributed by atoms with van der Waals surface area (Å²) in [5.41, 5.74) is 1.67. The van der Waals surface area contributed by atoms with E-state index in [-0.39, 0.29) is 12.4 Å². The zero-order valence-electron chi connectivity index (χ0n) is 16.9. The topological polar surface area (TPSA) is 129 Å². The van der Waals surface area contributed by atoms with Gasteiger partial charge in [-0.3, -0.25) is 9.59 Å². The molecule has 0 aliphatic carbocycles. The summed E-state index contributed by atoms with van der Waals surface area (Å²) in [4.78, 5) is 48.7. The maximum Gasteiger partial charge on any atom is 0.344 e. The van der Waals surface area contributed by atoms with Gasteiger partial charge in [-0.1, -0.05) is 22.9 Å². The van der Waals surface area contributed by atoms with Crippen LogP contribution in [0.3, 0.4) is 0 Å². The molecule has 2 rings (SSSR count). The van der Waals surface area contributed by atoms with Crippen LogP contribution >= 0.6 is 15.9 Å². The van der Waals surface area contributed by atoms with Crippen LogP contribution in [0.1, 0.15) is 33.1 Å². The Morgan fingerprint density at radius 3 is 2.50 bits per heavy atom. The number of amides is 5. The SMILES string of the molecule is CCOC(=O)CCNCCC1(CC)NC(=O)N(NC(=O)Nc2ccc(Br)cc2)C1=O. The number of halogens is 1. The van der Waals surface area contributed by atoms with Crippen molar-refractivity contribution in [1.82, 2.24) is 21.1 Å². The molecule has 0 bridgehead atoms. The number of ether oxygens (including phenoxy) is 1. The molecule has 1 aromatic carbocycles. The predicted octanol–water partition coefficient (Wildman–Crippen LogP) is 2.12. The van der Waals surface area contributed by atoms with Gasteiger partial charge < -0.3 is 20.7 Å². The number of hydrazine groups is 1. The summed E-state index contributed by atoms with van der Waals surface area (Å²) in [5.74, 6) is -0.833. The van der Waals surface area contributed by atoms with Gasteiger partial charge in [0.2, 0.25) is 0 Å². The third kappa shape index (κ3) is 6.17. The first-order valence-electron chi connectivity index (χ1n) is 9.67. The maximum atomic E-state index is 12.9. The first kappa shape index (κ1) is 23.6. The van der Waals surface area contributed by atoms with Crippen LogP contribution in [-0.4, -0.2) is 54.2 Å². The van der Waals surface area contributed by atoms with Crippen molar-refractivity contribution in [2.75, 3.05) is 25.0 Å². The fourth-order valence-electron chi connectivity index (χ4n) is 2.95. The number of hydrogen-bond donors (Lipinski definition) is 4. The Bertz CT molecular complexity index is 788. The van der Waals surface area contributed by atoms with E-state index in [1.54, 1.807) is 38.1 Å². The van der Waals surface area contributed by atoms with E-state index in [2.05, 4.69) is 37.3 Å². The van der Waals surface area contributed by atoms with Crippen molar-refractivity contribution in [1.29, 1.82) is 0 Å². The highest BCUT2D eigenvalue weighted by Gasteiger charge is 2.50. The number of anilines is 1. The van der Waals surface area contributed by atoms with Crippen LogP contribution in [0.25, 0.3) is 0 Å². The van der Waals surface area contributed by atoms with E-state index in [1.165, 1.54) is 0 Å². The van der Waals surface area contributed by atoms with Gasteiger partial charge in [0.05, 0.1) is 13.0 Å². The van der Waals surface area contributed by atoms with Crippen LogP contribution in [0.2, 0.25) is 0 Å². The van der Waals surface area contributed by atoms with E-state index < -0.39 is 23.5 Å². The monoisotopic (exact) mass is 483 g/mol. The summed E-state index contributed by atoms with van der Waals surface area (Å²) in [7, 11) is 0. The summed E-state index contributed by atoms with van der Waals surface area (Å²) in [6, 6.07) is 5.45. The molecule has 1 fully saturated rings. The fourth-order valence-corrected chi connectivity index (χ4v) is 3.22. The molecule has 1 aliphatic rings. The van der Waals surface area contributed by atoms with E-state index in [1.807, 2.05) is 0 Å². The minimum absolute atomic E-state index is 0.219. The minimum atomic E-state index is -1.13. The molecule has 1 atom stereocenters. The Morgan fingerprint density at radius 2 is 1.87 bits per heavy atom. The molecule has 5 amide bonds. The highest BCUT2D eigenvalue weighted by Crippen LogP contribution is 2.24. The number of nitrogens with zero attached hydrogens (tertiary/aromatic N) is 1. The number of carbonyl (C=O) groups is 4. The predicted molar refractivity (Wildman–Crippen MR) is 113 cm³/mol. The number of carbonyl (C=O) groups excluding carboxylic acids is 4. The lowest BCUT2D eigenvalue weighted by Crippen LogP contribution is -2.51. The van der Waals surface area contributed by atoms with Crippen LogP contribution < -0.4 is 21.4 Å². The molecule has 1 saturated heterocycles. The zero-order valence-corrected chi connectivity index (χ0v) is 18.5. The number of benzene rings is 1. The van der Waals surface area contributed by atoms with Gasteiger partial charge in [-0.25, -0.2) is 15.0 Å². The van der Waals surface area contributed by atoms with E-state index in [4.69, 9.17) is 4.74 Å². The smallest absolute Gasteiger partial charge is 0.344 e. The van der Waals surface area contributed by atoms with E-state index in [9.17, 15) is 19.2 Å². The molecule has 1 aliphatic heterocycles. The minimum Gasteiger partial charge on any atom is -0.466 e. The van der Waals surface area contributed by atoms with Gasteiger partial charge in [-0.05, 0) is 50.6 Å². The van der Waals surface area contributed by atoms with Gasteiger partial charge in [0.25, 0.3) is 5.91 Å². The van der Waals surface area contributed by atoms with Crippen molar-refractivity contribution in [2.45, 2.75) is 38.6 Å². The zero-order chi connectivity index (χ0) is 22.1. The second-order valence-electron chi connectivity index (χ2n) is 6.63. The second kappa shape index (κ2) is 10.9. The van der Waals surface area contributed by atoms with Crippen molar-refractivity contribution in [3.8, 4) is 0 Å². The van der Waals surface area contributed by atoms with Crippen LogP contribution in [0, 0.1) is 0 Å². The summed E-state index contributed by atoms with van der Waals surface area (Å²) in [6.07, 6.45) is 0.879. The Labute approximate surface area is 183 Å². The molecule has 0 radical (unpaired) electrons. The molecular formula is C19H26BrN5O5. The van der Waals surface area contributed by atoms with E-state index >= 15 is 0 Å².